The van der Waals surface area contributed by atoms with E-state index in [2.05, 4.69) is 91.8 Å². The molecule has 0 spiro atoms. The van der Waals surface area contributed by atoms with Crippen LogP contribution in [0.15, 0.2) is 95.3 Å². The molecule has 0 bridgehead atoms. The zero-order valence-corrected chi connectivity index (χ0v) is 17.9. The third kappa shape index (κ3) is 3.61. The van der Waals surface area contributed by atoms with Crippen molar-refractivity contribution in [3.63, 3.8) is 0 Å². The van der Waals surface area contributed by atoms with Crippen LogP contribution in [0.4, 0.5) is 5.69 Å². The molecule has 0 fully saturated rings. The van der Waals surface area contributed by atoms with Gasteiger partial charge >= 0.3 is 0 Å². The molecule has 31 heavy (non-hydrogen) atoms. The summed E-state index contributed by atoms with van der Waals surface area (Å²) in [5.41, 5.74) is 9.31. The molecule has 4 heteroatoms. The van der Waals surface area contributed by atoms with Crippen LogP contribution in [-0.4, -0.2) is 16.5 Å². The Kier molecular flexibility index (Phi) is 4.63. The van der Waals surface area contributed by atoms with Crippen LogP contribution < -0.4 is 5.43 Å². The Bertz CT molecular complexity index is 1310. The molecule has 1 aromatic heterocycles. The minimum absolute atomic E-state index is 0.103. The summed E-state index contributed by atoms with van der Waals surface area (Å²) in [6, 6.07) is 25.1. The van der Waals surface area contributed by atoms with E-state index in [1.165, 1.54) is 5.56 Å². The fraction of sp³-hybridized carbons (Fsp3) is 0.148. The van der Waals surface area contributed by atoms with Gasteiger partial charge in [0.2, 0.25) is 0 Å². The summed E-state index contributed by atoms with van der Waals surface area (Å²) >= 11 is 0. The van der Waals surface area contributed by atoms with Crippen LogP contribution in [0.1, 0.15) is 43.0 Å². The van der Waals surface area contributed by atoms with E-state index >= 15 is 0 Å². The maximum Gasteiger partial charge on any atom is 0.154 e. The van der Waals surface area contributed by atoms with Gasteiger partial charge in [0, 0.05) is 34.5 Å². The SMILES string of the molecule is CC(C)(C)c1ccc(C2=Nc3c(ccc4ccccc34)C(c3cccnc3)=NN2)cc1. The number of rotatable bonds is 2. The molecule has 0 unspecified atom stereocenters. The highest BCUT2D eigenvalue weighted by Gasteiger charge is 2.20. The van der Waals surface area contributed by atoms with E-state index in [1.807, 2.05) is 18.3 Å². The van der Waals surface area contributed by atoms with Crippen molar-refractivity contribution in [2.45, 2.75) is 26.2 Å². The smallest absolute Gasteiger partial charge is 0.154 e. The van der Waals surface area contributed by atoms with Crippen LogP contribution in [0.3, 0.4) is 0 Å². The molecule has 0 aliphatic carbocycles. The Morgan fingerprint density at radius 2 is 1.58 bits per heavy atom. The Labute approximate surface area is 182 Å². The summed E-state index contributed by atoms with van der Waals surface area (Å²) in [6.45, 7) is 6.66. The van der Waals surface area contributed by atoms with Crippen molar-refractivity contribution in [1.82, 2.24) is 10.4 Å². The maximum atomic E-state index is 5.08. The van der Waals surface area contributed by atoms with Crippen molar-refractivity contribution in [1.29, 1.82) is 0 Å². The van der Waals surface area contributed by atoms with Crippen LogP contribution in [0.5, 0.6) is 0 Å². The first-order valence-corrected chi connectivity index (χ1v) is 10.5. The summed E-state index contributed by atoms with van der Waals surface area (Å²) in [6.07, 6.45) is 3.61. The molecular formula is C27H24N4. The lowest BCUT2D eigenvalue weighted by Gasteiger charge is -2.19. The number of pyridine rings is 1. The quantitative estimate of drug-likeness (QED) is 0.448. The van der Waals surface area contributed by atoms with Crippen LogP contribution in [0, 0.1) is 0 Å². The van der Waals surface area contributed by atoms with Gasteiger partial charge in [-0.15, -0.1) is 0 Å². The number of benzene rings is 3. The first-order valence-electron chi connectivity index (χ1n) is 10.5. The largest absolute Gasteiger partial charge is 0.264 e. The summed E-state index contributed by atoms with van der Waals surface area (Å²) in [5.74, 6) is 0.733. The first-order chi connectivity index (χ1) is 15.0. The summed E-state index contributed by atoms with van der Waals surface area (Å²) in [5, 5.41) is 7.02. The summed E-state index contributed by atoms with van der Waals surface area (Å²) < 4.78 is 0. The Balaban J connectivity index is 1.70. The van der Waals surface area contributed by atoms with Gasteiger partial charge in [0.25, 0.3) is 0 Å². The van der Waals surface area contributed by atoms with Crippen molar-refractivity contribution >= 4 is 28.0 Å². The molecule has 0 saturated heterocycles. The lowest BCUT2D eigenvalue weighted by Crippen LogP contribution is -2.20. The summed E-state index contributed by atoms with van der Waals surface area (Å²) in [7, 11) is 0. The van der Waals surface area contributed by atoms with E-state index in [0.717, 1.165) is 44.7 Å². The molecule has 4 aromatic rings. The van der Waals surface area contributed by atoms with Crippen molar-refractivity contribution in [2.24, 2.45) is 10.1 Å². The number of hydrogen-bond acceptors (Lipinski definition) is 4. The van der Waals surface area contributed by atoms with E-state index in [1.54, 1.807) is 6.20 Å². The van der Waals surface area contributed by atoms with E-state index in [4.69, 9.17) is 10.1 Å². The van der Waals surface area contributed by atoms with E-state index in [0.29, 0.717) is 0 Å². The molecule has 2 heterocycles. The fourth-order valence-electron chi connectivity index (χ4n) is 3.85. The normalized spacial score (nSPS) is 13.6. The van der Waals surface area contributed by atoms with Gasteiger partial charge in [-0.05, 0) is 34.6 Å². The van der Waals surface area contributed by atoms with Crippen molar-refractivity contribution in [3.05, 3.63) is 107 Å². The van der Waals surface area contributed by atoms with Gasteiger partial charge in [0.15, 0.2) is 5.84 Å². The lowest BCUT2D eigenvalue weighted by atomic mass is 9.86. The van der Waals surface area contributed by atoms with E-state index < -0.39 is 0 Å². The van der Waals surface area contributed by atoms with E-state index in [-0.39, 0.29) is 5.41 Å². The lowest BCUT2D eigenvalue weighted by molar-refractivity contribution is 0.590. The van der Waals surface area contributed by atoms with Crippen LogP contribution >= 0.6 is 0 Å². The number of fused-ring (bicyclic) bond motifs is 3. The van der Waals surface area contributed by atoms with E-state index in [9.17, 15) is 0 Å². The van der Waals surface area contributed by atoms with Gasteiger partial charge in [0.05, 0.1) is 5.69 Å². The van der Waals surface area contributed by atoms with Crippen molar-refractivity contribution in [2.75, 3.05) is 0 Å². The second-order valence-electron chi connectivity index (χ2n) is 8.78. The van der Waals surface area contributed by atoms with Gasteiger partial charge in [-0.2, -0.15) is 5.10 Å². The number of aliphatic imine (C=N–C) groups is 1. The van der Waals surface area contributed by atoms with Gasteiger partial charge in [-0.3, -0.25) is 10.4 Å². The molecule has 5 rings (SSSR count). The fourth-order valence-corrected chi connectivity index (χ4v) is 3.85. The first kappa shape index (κ1) is 19.2. The molecule has 4 nitrogen and oxygen atoms in total. The molecule has 0 saturated carbocycles. The van der Waals surface area contributed by atoms with Crippen LogP contribution in [0.25, 0.3) is 10.8 Å². The maximum absolute atomic E-state index is 5.08. The topological polar surface area (TPSA) is 49.6 Å². The van der Waals surface area contributed by atoms with Crippen LogP contribution in [-0.2, 0) is 5.41 Å². The minimum Gasteiger partial charge on any atom is -0.264 e. The molecule has 0 amide bonds. The number of nitrogens with one attached hydrogen (secondary N) is 1. The molecule has 1 aliphatic heterocycles. The Morgan fingerprint density at radius 3 is 2.32 bits per heavy atom. The van der Waals surface area contributed by atoms with Gasteiger partial charge in [0.1, 0.15) is 5.71 Å². The Hall–Kier alpha value is -3.79. The molecule has 152 valence electrons. The highest BCUT2D eigenvalue weighted by molar-refractivity contribution is 6.21. The Morgan fingerprint density at radius 1 is 0.774 bits per heavy atom. The standard InChI is InChI=1S/C27H24N4/c1-27(2,3)21-13-10-19(11-14-21)26-29-25-22-9-5-4-7-18(22)12-15-23(25)24(30-31-26)20-8-6-16-28-17-20/h4-17H,1-3H3,(H,29,31). The zero-order chi connectivity index (χ0) is 21.4. The molecule has 3 aromatic carbocycles. The predicted octanol–water partition coefficient (Wildman–Crippen LogP) is 5.97. The molecule has 1 aliphatic rings. The second kappa shape index (κ2) is 7.47. The van der Waals surface area contributed by atoms with Crippen molar-refractivity contribution < 1.29 is 0 Å². The van der Waals surface area contributed by atoms with Gasteiger partial charge < -0.3 is 0 Å². The molecule has 0 atom stereocenters. The highest BCUT2D eigenvalue weighted by atomic mass is 15.3. The third-order valence-corrected chi connectivity index (χ3v) is 5.61. The summed E-state index contributed by atoms with van der Waals surface area (Å²) in [4.78, 5) is 9.37. The monoisotopic (exact) mass is 404 g/mol. The number of aromatic nitrogens is 1. The number of hydrazone groups is 1. The predicted molar refractivity (Wildman–Crippen MR) is 128 cm³/mol. The molecular weight excluding hydrogens is 380 g/mol. The number of amidine groups is 1. The zero-order valence-electron chi connectivity index (χ0n) is 17.9. The molecule has 0 radical (unpaired) electrons. The minimum atomic E-state index is 0.103. The van der Waals surface area contributed by atoms with Crippen molar-refractivity contribution in [3.8, 4) is 0 Å². The average Bonchev–Trinajstić information content (AvgIpc) is 2.99. The van der Waals surface area contributed by atoms with Crippen LogP contribution in [0.2, 0.25) is 0 Å². The average molecular weight is 405 g/mol. The second-order valence-corrected chi connectivity index (χ2v) is 8.78. The third-order valence-electron chi connectivity index (χ3n) is 5.61. The molecule has 1 N–H and O–H groups in total. The van der Waals surface area contributed by atoms with Gasteiger partial charge in [-0.1, -0.05) is 75.4 Å². The highest BCUT2D eigenvalue weighted by Crippen LogP contribution is 2.34. The number of hydrogen-bond donors (Lipinski definition) is 1. The number of nitrogens with zero attached hydrogens (tertiary/aromatic N) is 3. The van der Waals surface area contributed by atoms with Gasteiger partial charge in [-0.25, -0.2) is 4.99 Å².